The molecule has 0 atom stereocenters. The van der Waals surface area contributed by atoms with Crippen LogP contribution in [0.2, 0.25) is 5.15 Å². The number of para-hydroxylation sites is 1. The third-order valence-corrected chi connectivity index (χ3v) is 4.25. The van der Waals surface area contributed by atoms with Crippen molar-refractivity contribution in [3.63, 3.8) is 0 Å². The van der Waals surface area contributed by atoms with Crippen LogP contribution in [-0.2, 0) is 6.54 Å². The number of halogens is 2. The SMILES string of the molecule is O=c1c(Br)c(Cl)ncn1Cc1ccnc2ccccc12. The zero-order chi connectivity index (χ0) is 14.1. The second-order valence-electron chi connectivity index (χ2n) is 4.27. The number of rotatable bonds is 2. The fourth-order valence-corrected chi connectivity index (χ4v) is 2.49. The van der Waals surface area contributed by atoms with Crippen LogP contribution in [-0.4, -0.2) is 14.5 Å². The van der Waals surface area contributed by atoms with E-state index >= 15 is 0 Å². The molecule has 0 aliphatic rings. The van der Waals surface area contributed by atoms with E-state index in [1.165, 1.54) is 10.9 Å². The van der Waals surface area contributed by atoms with Crippen molar-refractivity contribution in [3.8, 4) is 0 Å². The second kappa shape index (κ2) is 5.34. The van der Waals surface area contributed by atoms with Crippen LogP contribution < -0.4 is 5.56 Å². The summed E-state index contributed by atoms with van der Waals surface area (Å²) in [4.78, 5) is 20.4. The zero-order valence-corrected chi connectivity index (χ0v) is 12.6. The van der Waals surface area contributed by atoms with Gasteiger partial charge in [-0.05, 0) is 33.6 Å². The van der Waals surface area contributed by atoms with Crippen LogP contribution in [0, 0.1) is 0 Å². The molecule has 2 heterocycles. The summed E-state index contributed by atoms with van der Waals surface area (Å²) in [5.74, 6) is 0. The van der Waals surface area contributed by atoms with Crippen LogP contribution in [0.5, 0.6) is 0 Å². The molecule has 1 aromatic carbocycles. The molecule has 0 saturated heterocycles. The maximum Gasteiger partial charge on any atom is 0.269 e. The molecule has 0 saturated carbocycles. The average molecular weight is 351 g/mol. The number of benzene rings is 1. The molecule has 0 aliphatic heterocycles. The molecule has 2 aromatic heterocycles. The number of aromatic nitrogens is 3. The quantitative estimate of drug-likeness (QED) is 0.667. The lowest BCUT2D eigenvalue weighted by atomic mass is 10.1. The third-order valence-electron chi connectivity index (χ3n) is 3.02. The summed E-state index contributed by atoms with van der Waals surface area (Å²) in [7, 11) is 0. The minimum atomic E-state index is -0.203. The average Bonchev–Trinajstić information content (AvgIpc) is 2.48. The van der Waals surface area contributed by atoms with Crippen molar-refractivity contribution in [1.82, 2.24) is 14.5 Å². The Morgan fingerprint density at radius 1 is 1.20 bits per heavy atom. The number of nitrogens with zero attached hydrogens (tertiary/aromatic N) is 3. The van der Waals surface area contributed by atoms with Gasteiger partial charge in [0, 0.05) is 11.6 Å². The van der Waals surface area contributed by atoms with E-state index in [0.29, 0.717) is 6.54 Å². The van der Waals surface area contributed by atoms with E-state index in [2.05, 4.69) is 25.9 Å². The first-order valence-electron chi connectivity index (χ1n) is 5.90. The molecule has 3 rings (SSSR count). The molecule has 0 aliphatic carbocycles. The summed E-state index contributed by atoms with van der Waals surface area (Å²) in [6.07, 6.45) is 3.19. The van der Waals surface area contributed by atoms with E-state index in [0.717, 1.165) is 16.5 Å². The lowest BCUT2D eigenvalue weighted by Crippen LogP contribution is -2.22. The van der Waals surface area contributed by atoms with Gasteiger partial charge in [-0.25, -0.2) is 4.98 Å². The second-order valence-corrected chi connectivity index (χ2v) is 5.42. The highest BCUT2D eigenvalue weighted by Gasteiger charge is 2.08. The normalized spacial score (nSPS) is 10.9. The van der Waals surface area contributed by atoms with Crippen LogP contribution >= 0.6 is 27.5 Å². The first-order chi connectivity index (χ1) is 9.66. The maximum absolute atomic E-state index is 12.1. The molecule has 0 N–H and O–H groups in total. The van der Waals surface area contributed by atoms with Gasteiger partial charge in [0.05, 0.1) is 18.4 Å². The van der Waals surface area contributed by atoms with E-state index in [9.17, 15) is 4.79 Å². The third kappa shape index (κ3) is 2.34. The van der Waals surface area contributed by atoms with E-state index in [4.69, 9.17) is 11.6 Å². The van der Waals surface area contributed by atoms with Gasteiger partial charge in [0.1, 0.15) is 4.47 Å². The van der Waals surface area contributed by atoms with Crippen molar-refractivity contribution < 1.29 is 0 Å². The number of hydrogen-bond acceptors (Lipinski definition) is 3. The van der Waals surface area contributed by atoms with Gasteiger partial charge in [-0.2, -0.15) is 0 Å². The summed E-state index contributed by atoms with van der Waals surface area (Å²) < 4.78 is 1.79. The number of hydrogen-bond donors (Lipinski definition) is 0. The summed E-state index contributed by atoms with van der Waals surface area (Å²) in [5, 5.41) is 1.19. The van der Waals surface area contributed by atoms with Crippen LogP contribution in [0.3, 0.4) is 0 Å². The van der Waals surface area contributed by atoms with Crippen LogP contribution in [0.1, 0.15) is 5.56 Å². The molecule has 100 valence electrons. The Kier molecular flexibility index (Phi) is 3.54. The Morgan fingerprint density at radius 3 is 2.85 bits per heavy atom. The van der Waals surface area contributed by atoms with Gasteiger partial charge < -0.3 is 0 Å². The molecular formula is C14H9BrClN3O. The van der Waals surface area contributed by atoms with Crippen molar-refractivity contribution in [2.24, 2.45) is 0 Å². The predicted molar refractivity (Wildman–Crippen MR) is 82.1 cm³/mol. The molecule has 0 spiro atoms. The Labute approximate surface area is 128 Å². The Bertz CT molecular complexity index is 842. The highest BCUT2D eigenvalue weighted by molar-refractivity contribution is 9.10. The van der Waals surface area contributed by atoms with Gasteiger partial charge >= 0.3 is 0 Å². The van der Waals surface area contributed by atoms with Crippen LogP contribution in [0.4, 0.5) is 0 Å². The van der Waals surface area contributed by atoms with Crippen molar-refractivity contribution in [3.05, 3.63) is 68.4 Å². The molecule has 0 bridgehead atoms. The highest BCUT2D eigenvalue weighted by atomic mass is 79.9. The summed E-state index contributed by atoms with van der Waals surface area (Å²) in [6, 6.07) is 9.72. The Hall–Kier alpha value is -1.72. The van der Waals surface area contributed by atoms with Gasteiger partial charge in [-0.1, -0.05) is 29.8 Å². The van der Waals surface area contributed by atoms with Crippen molar-refractivity contribution >= 4 is 38.4 Å². The van der Waals surface area contributed by atoms with E-state index in [1.807, 2.05) is 30.3 Å². The zero-order valence-electron chi connectivity index (χ0n) is 10.3. The Morgan fingerprint density at radius 2 is 2.00 bits per heavy atom. The molecule has 0 unspecified atom stereocenters. The minimum Gasteiger partial charge on any atom is -0.294 e. The highest BCUT2D eigenvalue weighted by Crippen LogP contribution is 2.18. The van der Waals surface area contributed by atoms with Crippen molar-refractivity contribution in [1.29, 1.82) is 0 Å². The monoisotopic (exact) mass is 349 g/mol. The molecule has 0 amide bonds. The molecule has 3 aromatic rings. The summed E-state index contributed by atoms with van der Waals surface area (Å²) >= 11 is 8.96. The van der Waals surface area contributed by atoms with Gasteiger partial charge in [-0.3, -0.25) is 14.3 Å². The van der Waals surface area contributed by atoms with Crippen LogP contribution in [0.25, 0.3) is 10.9 Å². The van der Waals surface area contributed by atoms with Crippen molar-refractivity contribution in [2.45, 2.75) is 6.54 Å². The van der Waals surface area contributed by atoms with Crippen molar-refractivity contribution in [2.75, 3.05) is 0 Å². The molecule has 6 heteroatoms. The van der Waals surface area contributed by atoms with Gasteiger partial charge in [0.2, 0.25) is 0 Å². The maximum atomic E-state index is 12.1. The van der Waals surface area contributed by atoms with E-state index in [-0.39, 0.29) is 15.2 Å². The largest absolute Gasteiger partial charge is 0.294 e. The fraction of sp³-hybridized carbons (Fsp3) is 0.0714. The lowest BCUT2D eigenvalue weighted by molar-refractivity contribution is 0.734. The van der Waals surface area contributed by atoms with Gasteiger partial charge in [0.15, 0.2) is 5.15 Å². The first kappa shape index (κ1) is 13.3. The van der Waals surface area contributed by atoms with E-state index in [1.54, 1.807) is 6.20 Å². The molecular weight excluding hydrogens is 342 g/mol. The van der Waals surface area contributed by atoms with Gasteiger partial charge in [0.25, 0.3) is 5.56 Å². The Balaban J connectivity index is 2.11. The smallest absolute Gasteiger partial charge is 0.269 e. The standard InChI is InChI=1S/C14H9BrClN3O/c15-12-13(16)18-8-19(14(12)20)7-9-5-6-17-11-4-2-1-3-10(9)11/h1-6,8H,7H2. The molecule has 20 heavy (non-hydrogen) atoms. The molecule has 0 radical (unpaired) electrons. The summed E-state index contributed by atoms with van der Waals surface area (Å²) in [5.41, 5.74) is 1.71. The van der Waals surface area contributed by atoms with Gasteiger partial charge in [-0.15, -0.1) is 0 Å². The lowest BCUT2D eigenvalue weighted by Gasteiger charge is -2.09. The minimum absolute atomic E-state index is 0.172. The molecule has 4 nitrogen and oxygen atoms in total. The van der Waals surface area contributed by atoms with E-state index < -0.39 is 0 Å². The summed E-state index contributed by atoms with van der Waals surface area (Å²) in [6.45, 7) is 0.421. The number of pyridine rings is 1. The molecule has 0 fully saturated rings. The predicted octanol–water partition coefficient (Wildman–Crippen LogP) is 3.26. The van der Waals surface area contributed by atoms with Crippen LogP contribution in [0.15, 0.2) is 52.1 Å². The topological polar surface area (TPSA) is 47.8 Å². The first-order valence-corrected chi connectivity index (χ1v) is 7.07. The fourth-order valence-electron chi connectivity index (χ4n) is 2.03. The number of fused-ring (bicyclic) bond motifs is 1.